The molecule has 0 saturated heterocycles. The third kappa shape index (κ3) is 3.70. The monoisotopic (exact) mass is 349 g/mol. The summed E-state index contributed by atoms with van der Waals surface area (Å²) in [6.07, 6.45) is 3.38. The molecular formula is C20H19N3O3. The number of amides is 1. The van der Waals surface area contributed by atoms with E-state index in [2.05, 4.69) is 4.98 Å². The highest BCUT2D eigenvalue weighted by atomic mass is 16.5. The number of aromatic nitrogens is 2. The summed E-state index contributed by atoms with van der Waals surface area (Å²) >= 11 is 0. The third-order valence-corrected chi connectivity index (χ3v) is 4.20. The SMILES string of the molecule is Cc1nc2cccc(/C=C/C(=O)NO)c2c(=O)n1CCc1ccccc1. The highest BCUT2D eigenvalue weighted by Gasteiger charge is 2.11. The number of nitrogens with zero attached hydrogens (tertiary/aromatic N) is 2. The third-order valence-electron chi connectivity index (χ3n) is 4.20. The molecule has 0 radical (unpaired) electrons. The molecule has 0 aliphatic rings. The zero-order chi connectivity index (χ0) is 18.5. The van der Waals surface area contributed by atoms with Crippen LogP contribution in [0.3, 0.4) is 0 Å². The molecule has 1 heterocycles. The minimum atomic E-state index is -0.661. The molecule has 1 amide bonds. The number of hydroxylamine groups is 1. The zero-order valence-electron chi connectivity index (χ0n) is 14.3. The Balaban J connectivity index is 2.03. The average molecular weight is 349 g/mol. The predicted molar refractivity (Wildman–Crippen MR) is 99.8 cm³/mol. The van der Waals surface area contributed by atoms with E-state index in [4.69, 9.17) is 5.21 Å². The van der Waals surface area contributed by atoms with E-state index in [0.717, 1.165) is 12.0 Å². The predicted octanol–water partition coefficient (Wildman–Crippen LogP) is 2.47. The van der Waals surface area contributed by atoms with Crippen LogP contribution in [0.15, 0.2) is 59.4 Å². The summed E-state index contributed by atoms with van der Waals surface area (Å²) in [5, 5.41) is 9.06. The second-order valence-corrected chi connectivity index (χ2v) is 5.90. The number of hydrogen-bond donors (Lipinski definition) is 2. The lowest BCUT2D eigenvalue weighted by Gasteiger charge is -2.12. The Labute approximate surface area is 150 Å². The van der Waals surface area contributed by atoms with Gasteiger partial charge in [-0.15, -0.1) is 0 Å². The van der Waals surface area contributed by atoms with Crippen LogP contribution in [0, 0.1) is 6.92 Å². The number of hydrogen-bond acceptors (Lipinski definition) is 4. The molecule has 2 aromatic carbocycles. The fourth-order valence-electron chi connectivity index (χ4n) is 2.89. The number of aryl methyl sites for hydroxylation is 2. The highest BCUT2D eigenvalue weighted by molar-refractivity contribution is 5.95. The molecule has 0 saturated carbocycles. The molecule has 0 aliphatic carbocycles. The summed E-state index contributed by atoms with van der Waals surface area (Å²) in [5.74, 6) is -0.0147. The van der Waals surface area contributed by atoms with E-state index in [9.17, 15) is 9.59 Å². The Hall–Kier alpha value is -3.25. The summed E-state index contributed by atoms with van der Waals surface area (Å²) in [7, 11) is 0. The van der Waals surface area contributed by atoms with Crippen LogP contribution < -0.4 is 11.0 Å². The van der Waals surface area contributed by atoms with Crippen molar-refractivity contribution in [3.63, 3.8) is 0 Å². The largest absolute Gasteiger partial charge is 0.296 e. The van der Waals surface area contributed by atoms with Crippen molar-refractivity contribution in [3.8, 4) is 0 Å². The van der Waals surface area contributed by atoms with Crippen molar-refractivity contribution in [2.75, 3.05) is 0 Å². The second kappa shape index (κ2) is 7.76. The molecule has 6 nitrogen and oxygen atoms in total. The van der Waals surface area contributed by atoms with Crippen LogP contribution >= 0.6 is 0 Å². The van der Waals surface area contributed by atoms with Gasteiger partial charge in [-0.05, 0) is 36.6 Å². The molecule has 0 spiro atoms. The molecule has 3 rings (SSSR count). The Kier molecular flexibility index (Phi) is 5.24. The van der Waals surface area contributed by atoms with Gasteiger partial charge in [0.05, 0.1) is 10.9 Å². The van der Waals surface area contributed by atoms with Gasteiger partial charge in [0.1, 0.15) is 5.82 Å². The van der Waals surface area contributed by atoms with Crippen LogP contribution in [0.25, 0.3) is 17.0 Å². The van der Waals surface area contributed by atoms with Gasteiger partial charge in [0.2, 0.25) is 0 Å². The summed E-state index contributed by atoms with van der Waals surface area (Å²) < 4.78 is 1.65. The van der Waals surface area contributed by atoms with E-state index in [0.29, 0.717) is 28.8 Å². The van der Waals surface area contributed by atoms with E-state index in [-0.39, 0.29) is 5.56 Å². The van der Waals surface area contributed by atoms with E-state index in [1.165, 1.54) is 17.6 Å². The van der Waals surface area contributed by atoms with Crippen LogP contribution in [0.4, 0.5) is 0 Å². The Morgan fingerprint density at radius 1 is 1.19 bits per heavy atom. The number of fused-ring (bicyclic) bond motifs is 1. The fourth-order valence-corrected chi connectivity index (χ4v) is 2.89. The minimum absolute atomic E-state index is 0.145. The van der Waals surface area contributed by atoms with E-state index < -0.39 is 5.91 Å². The fraction of sp³-hybridized carbons (Fsp3) is 0.150. The maximum atomic E-state index is 13.0. The quantitative estimate of drug-likeness (QED) is 0.421. The van der Waals surface area contributed by atoms with Crippen LogP contribution in [-0.4, -0.2) is 20.7 Å². The lowest BCUT2D eigenvalue weighted by Crippen LogP contribution is -2.25. The molecule has 0 bridgehead atoms. The first-order valence-electron chi connectivity index (χ1n) is 8.26. The Morgan fingerprint density at radius 3 is 2.69 bits per heavy atom. The lowest BCUT2D eigenvalue weighted by atomic mass is 10.1. The minimum Gasteiger partial charge on any atom is -0.296 e. The van der Waals surface area contributed by atoms with Gasteiger partial charge in [-0.3, -0.25) is 19.4 Å². The van der Waals surface area contributed by atoms with Gasteiger partial charge in [-0.2, -0.15) is 0 Å². The lowest BCUT2D eigenvalue weighted by molar-refractivity contribution is -0.124. The first kappa shape index (κ1) is 17.6. The van der Waals surface area contributed by atoms with Gasteiger partial charge in [-0.25, -0.2) is 10.5 Å². The van der Waals surface area contributed by atoms with Gasteiger partial charge < -0.3 is 0 Å². The number of nitrogens with one attached hydrogen (secondary N) is 1. The molecule has 26 heavy (non-hydrogen) atoms. The molecule has 6 heteroatoms. The number of rotatable bonds is 5. The Bertz CT molecular complexity index is 1020. The van der Waals surface area contributed by atoms with Crippen molar-refractivity contribution in [2.45, 2.75) is 19.9 Å². The molecule has 0 atom stereocenters. The standard InChI is InChI=1S/C20H19N3O3/c1-14-21-17-9-5-8-16(10-11-18(24)22-26)19(17)20(25)23(14)13-12-15-6-3-2-4-7-15/h2-11,26H,12-13H2,1H3,(H,22,24)/b11-10+. The average Bonchev–Trinajstić information content (AvgIpc) is 2.66. The molecule has 2 N–H and O–H groups in total. The number of carbonyl (C=O) groups is 1. The van der Waals surface area contributed by atoms with Gasteiger partial charge in [-0.1, -0.05) is 42.5 Å². The van der Waals surface area contributed by atoms with Crippen molar-refractivity contribution < 1.29 is 10.0 Å². The van der Waals surface area contributed by atoms with E-state index >= 15 is 0 Å². The zero-order valence-corrected chi connectivity index (χ0v) is 14.3. The molecule has 132 valence electrons. The Morgan fingerprint density at radius 2 is 1.96 bits per heavy atom. The smallest absolute Gasteiger partial charge is 0.267 e. The first-order valence-corrected chi connectivity index (χ1v) is 8.26. The van der Waals surface area contributed by atoms with Crippen molar-refractivity contribution in [1.82, 2.24) is 15.0 Å². The van der Waals surface area contributed by atoms with Crippen molar-refractivity contribution in [2.24, 2.45) is 0 Å². The second-order valence-electron chi connectivity index (χ2n) is 5.90. The molecule has 1 aromatic heterocycles. The molecular weight excluding hydrogens is 330 g/mol. The van der Waals surface area contributed by atoms with Crippen molar-refractivity contribution in [1.29, 1.82) is 0 Å². The highest BCUT2D eigenvalue weighted by Crippen LogP contribution is 2.16. The summed E-state index contributed by atoms with van der Waals surface area (Å²) in [6, 6.07) is 15.2. The maximum absolute atomic E-state index is 13.0. The molecule has 0 fully saturated rings. The van der Waals surface area contributed by atoms with Crippen LogP contribution in [-0.2, 0) is 17.8 Å². The first-order chi connectivity index (χ1) is 12.6. The van der Waals surface area contributed by atoms with Crippen molar-refractivity contribution >= 4 is 22.9 Å². The molecule has 0 aliphatic heterocycles. The van der Waals surface area contributed by atoms with Crippen molar-refractivity contribution in [3.05, 3.63) is 81.9 Å². The van der Waals surface area contributed by atoms with Crippen LogP contribution in [0.2, 0.25) is 0 Å². The van der Waals surface area contributed by atoms with Crippen LogP contribution in [0.5, 0.6) is 0 Å². The summed E-state index contributed by atoms with van der Waals surface area (Å²) in [4.78, 5) is 28.8. The number of carbonyl (C=O) groups excluding carboxylic acids is 1. The molecule has 0 unspecified atom stereocenters. The number of benzene rings is 2. The van der Waals surface area contributed by atoms with Gasteiger partial charge >= 0.3 is 0 Å². The van der Waals surface area contributed by atoms with Gasteiger partial charge in [0, 0.05) is 12.6 Å². The van der Waals surface area contributed by atoms with E-state index in [1.807, 2.05) is 37.3 Å². The topological polar surface area (TPSA) is 84.2 Å². The van der Waals surface area contributed by atoms with Gasteiger partial charge in [0.25, 0.3) is 11.5 Å². The van der Waals surface area contributed by atoms with Gasteiger partial charge in [0.15, 0.2) is 0 Å². The molecule has 3 aromatic rings. The van der Waals surface area contributed by atoms with Crippen LogP contribution in [0.1, 0.15) is 17.0 Å². The summed E-state index contributed by atoms with van der Waals surface area (Å²) in [5.41, 5.74) is 3.69. The maximum Gasteiger partial charge on any atom is 0.267 e. The summed E-state index contributed by atoms with van der Waals surface area (Å²) in [6.45, 7) is 2.33. The normalized spacial score (nSPS) is 11.2. The van der Waals surface area contributed by atoms with E-state index in [1.54, 1.807) is 22.8 Å².